The van der Waals surface area contributed by atoms with Crippen molar-refractivity contribution < 1.29 is 33.0 Å². The van der Waals surface area contributed by atoms with Crippen molar-refractivity contribution in [2.75, 3.05) is 0 Å². The van der Waals surface area contributed by atoms with Gasteiger partial charge in [-0.2, -0.15) is 0 Å². The van der Waals surface area contributed by atoms with Gasteiger partial charge in [0.25, 0.3) is 5.91 Å². The summed E-state index contributed by atoms with van der Waals surface area (Å²) < 4.78 is 42.4. The van der Waals surface area contributed by atoms with E-state index in [4.69, 9.17) is 0 Å². The molecule has 31 heavy (non-hydrogen) atoms. The third-order valence-corrected chi connectivity index (χ3v) is 6.14. The Bertz CT molecular complexity index is 1210. The van der Waals surface area contributed by atoms with Crippen LogP contribution in [0, 0.1) is 30.3 Å². The van der Waals surface area contributed by atoms with E-state index >= 15 is 0 Å². The van der Waals surface area contributed by atoms with Gasteiger partial charge in [-0.15, -0.1) is 0 Å². The average molecular weight is 431 g/mol. The Hall–Kier alpha value is -3.29. The molecular formula is C23H20F3NO4. The molecule has 4 rings (SSSR count). The lowest BCUT2D eigenvalue weighted by Gasteiger charge is -2.20. The highest BCUT2D eigenvalue weighted by molar-refractivity contribution is 6.05. The number of halogens is 3. The lowest BCUT2D eigenvalue weighted by Crippen LogP contribution is -2.21. The highest BCUT2D eigenvalue weighted by Gasteiger charge is 2.37. The summed E-state index contributed by atoms with van der Waals surface area (Å²) in [5.41, 5.74) is 0.461. The summed E-state index contributed by atoms with van der Waals surface area (Å²) in [6.07, 6.45) is 3.18. The number of nitrogens with zero attached hydrogens (tertiary/aromatic N) is 1. The van der Waals surface area contributed by atoms with Crippen molar-refractivity contribution in [1.82, 2.24) is 4.57 Å². The average Bonchev–Trinajstić information content (AvgIpc) is 3.32. The van der Waals surface area contributed by atoms with Gasteiger partial charge in [0.2, 0.25) is 0 Å². The first-order valence-corrected chi connectivity index (χ1v) is 9.96. The first-order valence-electron chi connectivity index (χ1n) is 9.96. The van der Waals surface area contributed by atoms with E-state index in [2.05, 4.69) is 0 Å². The topological polar surface area (TPSA) is 79.5 Å². The number of rotatable bonds is 4. The molecule has 0 bridgehead atoms. The summed E-state index contributed by atoms with van der Waals surface area (Å²) in [7, 11) is 0. The fourth-order valence-electron chi connectivity index (χ4n) is 4.71. The van der Waals surface area contributed by atoms with E-state index in [1.807, 2.05) is 0 Å². The van der Waals surface area contributed by atoms with E-state index in [1.54, 1.807) is 0 Å². The number of phenols is 1. The first kappa shape index (κ1) is 21.0. The van der Waals surface area contributed by atoms with Gasteiger partial charge in [0.15, 0.2) is 23.2 Å². The Morgan fingerprint density at radius 3 is 2.32 bits per heavy atom. The smallest absolute Gasteiger partial charge is 0.311 e. The Morgan fingerprint density at radius 2 is 1.71 bits per heavy atom. The molecule has 5 nitrogen and oxygen atoms in total. The van der Waals surface area contributed by atoms with E-state index in [0.717, 1.165) is 47.7 Å². The van der Waals surface area contributed by atoms with Crippen LogP contribution in [0.1, 0.15) is 53.2 Å². The summed E-state index contributed by atoms with van der Waals surface area (Å²) in [6.45, 7) is 1.53. The van der Waals surface area contributed by atoms with E-state index < -0.39 is 41.0 Å². The van der Waals surface area contributed by atoms with Crippen molar-refractivity contribution in [3.63, 3.8) is 0 Å². The van der Waals surface area contributed by atoms with E-state index in [-0.39, 0.29) is 28.1 Å². The lowest BCUT2D eigenvalue weighted by atomic mass is 9.83. The Morgan fingerprint density at radius 1 is 1.03 bits per heavy atom. The standard InChI is InChI=1S/C23H20F3NO4/c1-11-20(21(23(30)31)12-4-2-3-5-12)14-9-19(28)17(26)10-18(14)27(11)22(29)13-6-7-15(24)16(25)8-13/h6-10,12,21,28H,2-5H2,1H3,(H,30,31). The predicted octanol–water partition coefficient (Wildman–Crippen LogP) is 5.12. The lowest BCUT2D eigenvalue weighted by molar-refractivity contribution is -0.140. The minimum absolute atomic E-state index is 0.0572. The van der Waals surface area contributed by atoms with E-state index in [1.165, 1.54) is 6.92 Å². The molecule has 0 spiro atoms. The molecule has 8 heteroatoms. The van der Waals surface area contributed by atoms with Crippen LogP contribution in [0.3, 0.4) is 0 Å². The molecule has 0 amide bonds. The number of carboxylic acid groups (broad SMARTS) is 1. The van der Waals surface area contributed by atoms with Crippen LogP contribution < -0.4 is 0 Å². The maximum absolute atomic E-state index is 14.2. The summed E-state index contributed by atoms with van der Waals surface area (Å²) >= 11 is 0. The van der Waals surface area contributed by atoms with Crippen molar-refractivity contribution >= 4 is 22.8 Å². The summed E-state index contributed by atoms with van der Waals surface area (Å²) in [5, 5.41) is 20.2. The number of carbonyl (C=O) groups excluding carboxylic acids is 1. The molecule has 1 aliphatic rings. The predicted molar refractivity (Wildman–Crippen MR) is 107 cm³/mol. The second-order valence-electron chi connectivity index (χ2n) is 7.95. The molecule has 162 valence electrons. The van der Waals surface area contributed by atoms with Gasteiger partial charge in [-0.1, -0.05) is 12.8 Å². The van der Waals surface area contributed by atoms with Gasteiger partial charge in [0.05, 0.1) is 11.4 Å². The van der Waals surface area contributed by atoms with Gasteiger partial charge < -0.3 is 10.2 Å². The Labute approximate surface area is 175 Å². The number of aliphatic carboxylic acids is 1. The molecule has 2 aromatic carbocycles. The number of aromatic nitrogens is 1. The van der Waals surface area contributed by atoms with Crippen LogP contribution in [0.4, 0.5) is 13.2 Å². The van der Waals surface area contributed by atoms with Gasteiger partial charge in [-0.05, 0) is 55.5 Å². The quantitative estimate of drug-likeness (QED) is 0.601. The SMILES string of the molecule is Cc1c(C(C(=O)O)C2CCCC2)c2cc(O)c(F)cc2n1C(=O)c1ccc(F)c(F)c1. The number of carbonyl (C=O) groups is 2. The molecule has 1 heterocycles. The number of hydrogen-bond acceptors (Lipinski definition) is 3. The van der Waals surface area contributed by atoms with Crippen LogP contribution in [0.15, 0.2) is 30.3 Å². The number of benzene rings is 2. The minimum Gasteiger partial charge on any atom is -0.505 e. The zero-order chi connectivity index (χ0) is 22.4. The fraction of sp³-hybridized carbons (Fsp3) is 0.304. The van der Waals surface area contributed by atoms with E-state index in [0.29, 0.717) is 18.4 Å². The maximum atomic E-state index is 14.2. The van der Waals surface area contributed by atoms with Crippen LogP contribution in [0.5, 0.6) is 5.75 Å². The normalized spacial score (nSPS) is 15.5. The van der Waals surface area contributed by atoms with Crippen molar-refractivity contribution in [3.05, 3.63) is 64.6 Å². The Balaban J connectivity index is 1.99. The molecule has 1 atom stereocenters. The third kappa shape index (κ3) is 3.45. The summed E-state index contributed by atoms with van der Waals surface area (Å²) in [6, 6.07) is 4.73. The highest BCUT2D eigenvalue weighted by atomic mass is 19.2. The molecule has 1 fully saturated rings. The molecule has 3 aromatic rings. The van der Waals surface area contributed by atoms with Gasteiger partial charge in [-0.25, -0.2) is 13.2 Å². The summed E-state index contributed by atoms with van der Waals surface area (Å²) in [5.74, 6) is -6.92. The Kier molecular flexibility index (Phi) is 5.24. The maximum Gasteiger partial charge on any atom is 0.311 e. The van der Waals surface area contributed by atoms with Crippen LogP contribution in [-0.2, 0) is 4.79 Å². The summed E-state index contributed by atoms with van der Waals surface area (Å²) in [4.78, 5) is 25.5. The minimum atomic E-state index is -1.21. The highest BCUT2D eigenvalue weighted by Crippen LogP contribution is 2.43. The number of carboxylic acids is 1. The molecule has 2 N–H and O–H groups in total. The molecular weight excluding hydrogens is 411 g/mol. The van der Waals surface area contributed by atoms with E-state index in [9.17, 15) is 33.0 Å². The van der Waals surface area contributed by atoms with Gasteiger partial charge in [-0.3, -0.25) is 14.2 Å². The zero-order valence-corrected chi connectivity index (χ0v) is 16.7. The fourth-order valence-corrected chi connectivity index (χ4v) is 4.71. The van der Waals surface area contributed by atoms with Crippen LogP contribution in [-0.4, -0.2) is 26.7 Å². The largest absolute Gasteiger partial charge is 0.505 e. The van der Waals surface area contributed by atoms with Gasteiger partial charge in [0, 0.05) is 22.7 Å². The molecule has 1 aromatic heterocycles. The van der Waals surface area contributed by atoms with Crippen molar-refractivity contribution in [3.8, 4) is 5.75 Å². The van der Waals surface area contributed by atoms with Gasteiger partial charge >= 0.3 is 5.97 Å². The van der Waals surface area contributed by atoms with Crippen molar-refractivity contribution in [1.29, 1.82) is 0 Å². The number of fused-ring (bicyclic) bond motifs is 1. The van der Waals surface area contributed by atoms with Crippen molar-refractivity contribution in [2.45, 2.75) is 38.5 Å². The number of phenolic OH excluding ortho intramolecular Hbond substituents is 1. The monoisotopic (exact) mass is 431 g/mol. The molecule has 0 saturated heterocycles. The molecule has 1 saturated carbocycles. The molecule has 0 aliphatic heterocycles. The van der Waals surface area contributed by atoms with Crippen LogP contribution >= 0.6 is 0 Å². The van der Waals surface area contributed by atoms with Gasteiger partial charge in [0.1, 0.15) is 0 Å². The molecule has 1 aliphatic carbocycles. The molecule has 1 unspecified atom stereocenters. The zero-order valence-electron chi connectivity index (χ0n) is 16.7. The second-order valence-corrected chi connectivity index (χ2v) is 7.95. The van der Waals surface area contributed by atoms with Crippen molar-refractivity contribution in [2.24, 2.45) is 5.92 Å². The third-order valence-electron chi connectivity index (χ3n) is 6.14. The van der Waals surface area contributed by atoms with Crippen LogP contribution in [0.25, 0.3) is 10.9 Å². The molecule has 0 radical (unpaired) electrons. The van der Waals surface area contributed by atoms with Crippen LogP contribution in [0.2, 0.25) is 0 Å². The first-order chi connectivity index (χ1) is 14.7. The number of aromatic hydroxyl groups is 1. The number of hydrogen-bond donors (Lipinski definition) is 2. The second kappa shape index (κ2) is 7.76.